The molecule has 0 aliphatic rings. The van der Waals surface area contributed by atoms with Crippen molar-refractivity contribution in [1.82, 2.24) is 5.32 Å². The van der Waals surface area contributed by atoms with Gasteiger partial charge in [-0.2, -0.15) is 8.78 Å². The number of hydrogen-bond donors (Lipinski definition) is 2. The van der Waals surface area contributed by atoms with Crippen LogP contribution in [-0.2, 0) is 10.7 Å². The van der Waals surface area contributed by atoms with Crippen LogP contribution in [0.5, 0.6) is 0 Å². The minimum absolute atomic E-state index is 0.110. The second-order valence-electron chi connectivity index (χ2n) is 6.62. The largest absolute Gasteiger partial charge is 0.444 e. The monoisotopic (exact) mass is 347 g/mol. The van der Waals surface area contributed by atoms with Gasteiger partial charge in [-0.25, -0.2) is 9.18 Å². The van der Waals surface area contributed by atoms with Gasteiger partial charge in [0.15, 0.2) is 0 Å². The zero-order valence-corrected chi connectivity index (χ0v) is 14.5. The Balaban J connectivity index is 3.06. The van der Waals surface area contributed by atoms with Gasteiger partial charge in [0, 0.05) is 5.56 Å². The number of ether oxygens (including phenoxy) is 1. The molecule has 0 aliphatic heterocycles. The number of carbonyl (C=O) groups excluding carboxylic acids is 1. The van der Waals surface area contributed by atoms with Crippen LogP contribution in [0, 0.1) is 5.82 Å². The first-order valence-electron chi connectivity index (χ1n) is 7.74. The van der Waals surface area contributed by atoms with Gasteiger partial charge in [0.1, 0.15) is 17.5 Å². The molecule has 0 heterocycles. The Labute approximate surface area is 140 Å². The average molecular weight is 347 g/mol. The SMILES string of the molecule is CCC(O)C(F)(F)c1cccc([C@@H](C)NC(=O)OC(C)(C)C)c1F. The van der Waals surface area contributed by atoms with E-state index in [4.69, 9.17) is 4.74 Å². The molecule has 0 radical (unpaired) electrons. The zero-order valence-electron chi connectivity index (χ0n) is 14.5. The van der Waals surface area contributed by atoms with Crippen LogP contribution in [0.2, 0.25) is 0 Å². The predicted octanol–water partition coefficient (Wildman–Crippen LogP) is 4.27. The first-order valence-corrected chi connectivity index (χ1v) is 7.74. The number of alkyl halides is 2. The standard InChI is InChI=1S/C17H24F3NO3/c1-6-13(22)17(19,20)12-9-7-8-11(14(12)18)10(2)21-15(23)24-16(3,4)5/h7-10,13,22H,6H2,1-5H3,(H,21,23)/t10-,13?/m1/s1. The van der Waals surface area contributed by atoms with Crippen LogP contribution >= 0.6 is 0 Å². The molecule has 2 N–H and O–H groups in total. The van der Waals surface area contributed by atoms with Crippen LogP contribution in [-0.4, -0.2) is 22.9 Å². The highest BCUT2D eigenvalue weighted by Crippen LogP contribution is 2.36. The molecule has 1 rings (SSSR count). The molecule has 1 aromatic rings. The van der Waals surface area contributed by atoms with Gasteiger partial charge >= 0.3 is 12.0 Å². The fraction of sp³-hybridized carbons (Fsp3) is 0.588. The van der Waals surface area contributed by atoms with Crippen LogP contribution in [0.4, 0.5) is 18.0 Å². The van der Waals surface area contributed by atoms with E-state index >= 15 is 0 Å². The lowest BCUT2D eigenvalue weighted by atomic mass is 9.96. The summed E-state index contributed by atoms with van der Waals surface area (Å²) in [5.74, 6) is -4.88. The van der Waals surface area contributed by atoms with E-state index in [9.17, 15) is 23.1 Å². The van der Waals surface area contributed by atoms with E-state index in [1.165, 1.54) is 26.0 Å². The average Bonchev–Trinajstić information content (AvgIpc) is 2.43. The Morgan fingerprint density at radius 3 is 2.42 bits per heavy atom. The summed E-state index contributed by atoms with van der Waals surface area (Å²) in [6.07, 6.45) is -2.99. The molecule has 7 heteroatoms. The van der Waals surface area contributed by atoms with Gasteiger partial charge < -0.3 is 15.2 Å². The molecule has 0 bridgehead atoms. The van der Waals surface area contributed by atoms with E-state index in [1.807, 2.05) is 0 Å². The Hall–Kier alpha value is -1.76. The van der Waals surface area contributed by atoms with Crippen molar-refractivity contribution in [3.63, 3.8) is 0 Å². The van der Waals surface area contributed by atoms with E-state index in [1.54, 1.807) is 20.8 Å². The molecule has 4 nitrogen and oxygen atoms in total. The topological polar surface area (TPSA) is 58.6 Å². The number of carbonyl (C=O) groups is 1. The quantitative estimate of drug-likeness (QED) is 0.836. The van der Waals surface area contributed by atoms with Gasteiger partial charge in [-0.3, -0.25) is 0 Å². The van der Waals surface area contributed by atoms with Gasteiger partial charge in [-0.05, 0) is 40.2 Å². The molecule has 2 atom stereocenters. The highest BCUT2D eigenvalue weighted by atomic mass is 19.3. The van der Waals surface area contributed by atoms with Gasteiger partial charge in [0.25, 0.3) is 0 Å². The van der Waals surface area contributed by atoms with E-state index in [0.29, 0.717) is 0 Å². The molecule has 0 fully saturated rings. The minimum Gasteiger partial charge on any atom is -0.444 e. The first-order chi connectivity index (χ1) is 10.9. The van der Waals surface area contributed by atoms with E-state index < -0.39 is 41.1 Å². The molecule has 1 aromatic carbocycles. The van der Waals surface area contributed by atoms with Crippen molar-refractivity contribution < 1.29 is 27.8 Å². The molecule has 0 aromatic heterocycles. The molecule has 24 heavy (non-hydrogen) atoms. The maximum Gasteiger partial charge on any atom is 0.408 e. The highest BCUT2D eigenvalue weighted by Gasteiger charge is 2.42. The third kappa shape index (κ3) is 4.87. The molecular formula is C17H24F3NO3. The zero-order chi connectivity index (χ0) is 18.7. The lowest BCUT2D eigenvalue weighted by Crippen LogP contribution is -2.35. The van der Waals surface area contributed by atoms with Crippen molar-refractivity contribution in [2.75, 3.05) is 0 Å². The number of amides is 1. The molecular weight excluding hydrogens is 323 g/mol. The van der Waals surface area contributed by atoms with Crippen molar-refractivity contribution in [3.05, 3.63) is 35.1 Å². The second kappa shape index (κ2) is 7.42. The second-order valence-corrected chi connectivity index (χ2v) is 6.62. The summed E-state index contributed by atoms with van der Waals surface area (Å²) >= 11 is 0. The summed E-state index contributed by atoms with van der Waals surface area (Å²) in [5.41, 5.74) is -1.74. The summed E-state index contributed by atoms with van der Waals surface area (Å²) in [5, 5.41) is 11.9. The fourth-order valence-electron chi connectivity index (χ4n) is 2.14. The number of halogens is 3. The molecule has 1 amide bonds. The van der Waals surface area contributed by atoms with Crippen LogP contribution in [0.15, 0.2) is 18.2 Å². The number of aliphatic hydroxyl groups is 1. The van der Waals surface area contributed by atoms with Crippen LogP contribution < -0.4 is 5.32 Å². The van der Waals surface area contributed by atoms with Crippen molar-refractivity contribution in [2.45, 2.75) is 64.7 Å². The normalized spacial score (nSPS) is 14.9. The Kier molecular flexibility index (Phi) is 6.27. The predicted molar refractivity (Wildman–Crippen MR) is 84.4 cm³/mol. The highest BCUT2D eigenvalue weighted by molar-refractivity contribution is 5.68. The van der Waals surface area contributed by atoms with Crippen molar-refractivity contribution >= 4 is 6.09 Å². The van der Waals surface area contributed by atoms with Crippen molar-refractivity contribution in [1.29, 1.82) is 0 Å². The molecule has 136 valence electrons. The molecule has 0 saturated heterocycles. The number of rotatable bonds is 5. The lowest BCUT2D eigenvalue weighted by Gasteiger charge is -2.25. The van der Waals surface area contributed by atoms with E-state index in [-0.39, 0.29) is 12.0 Å². The first kappa shape index (κ1) is 20.3. The summed E-state index contributed by atoms with van der Waals surface area (Å²) < 4.78 is 47.9. The summed E-state index contributed by atoms with van der Waals surface area (Å²) in [4.78, 5) is 11.7. The third-order valence-electron chi connectivity index (χ3n) is 3.39. The summed E-state index contributed by atoms with van der Waals surface area (Å²) in [7, 11) is 0. The van der Waals surface area contributed by atoms with E-state index in [2.05, 4.69) is 5.32 Å². The van der Waals surface area contributed by atoms with Gasteiger partial charge in [-0.1, -0.05) is 19.1 Å². The van der Waals surface area contributed by atoms with Crippen molar-refractivity contribution in [2.24, 2.45) is 0 Å². The van der Waals surface area contributed by atoms with Crippen molar-refractivity contribution in [3.8, 4) is 0 Å². The number of aliphatic hydroxyl groups excluding tert-OH is 1. The number of alkyl carbamates (subject to hydrolysis) is 1. The fourth-order valence-corrected chi connectivity index (χ4v) is 2.14. The third-order valence-corrected chi connectivity index (χ3v) is 3.39. The maximum atomic E-state index is 14.5. The Bertz CT molecular complexity index is 585. The molecule has 0 saturated carbocycles. The van der Waals surface area contributed by atoms with Gasteiger partial charge in [0.05, 0.1) is 11.6 Å². The number of nitrogens with one attached hydrogen (secondary N) is 1. The van der Waals surface area contributed by atoms with Crippen LogP contribution in [0.1, 0.15) is 58.2 Å². The molecule has 0 spiro atoms. The summed E-state index contributed by atoms with van der Waals surface area (Å²) in [6, 6.07) is 2.61. The lowest BCUT2D eigenvalue weighted by molar-refractivity contribution is -0.118. The number of benzene rings is 1. The molecule has 0 aliphatic carbocycles. The van der Waals surface area contributed by atoms with Crippen LogP contribution in [0.3, 0.4) is 0 Å². The Morgan fingerprint density at radius 1 is 1.33 bits per heavy atom. The number of hydrogen-bond acceptors (Lipinski definition) is 3. The minimum atomic E-state index is -3.72. The van der Waals surface area contributed by atoms with E-state index in [0.717, 1.165) is 6.07 Å². The molecule has 1 unspecified atom stereocenters. The maximum absolute atomic E-state index is 14.5. The Morgan fingerprint density at radius 2 is 1.92 bits per heavy atom. The summed E-state index contributed by atoms with van der Waals surface area (Å²) in [6.45, 7) is 7.86. The van der Waals surface area contributed by atoms with Gasteiger partial charge in [-0.15, -0.1) is 0 Å². The van der Waals surface area contributed by atoms with Crippen LogP contribution in [0.25, 0.3) is 0 Å². The van der Waals surface area contributed by atoms with Gasteiger partial charge in [0.2, 0.25) is 0 Å². The smallest absolute Gasteiger partial charge is 0.408 e.